The van der Waals surface area contributed by atoms with Crippen LogP contribution >= 0.6 is 7.82 Å². The van der Waals surface area contributed by atoms with Gasteiger partial charge in [-0.3, -0.25) is 18.6 Å². The second kappa shape index (κ2) is 38.1. The molecule has 0 saturated heterocycles. The van der Waals surface area contributed by atoms with Gasteiger partial charge in [-0.05, 0) is 57.8 Å². The Morgan fingerprint density at radius 3 is 1.58 bits per heavy atom. The third-order valence-corrected chi connectivity index (χ3v) is 9.52. The molecule has 55 heavy (non-hydrogen) atoms. The van der Waals surface area contributed by atoms with Crippen LogP contribution in [0.5, 0.6) is 0 Å². The van der Waals surface area contributed by atoms with Crippen molar-refractivity contribution >= 4 is 25.7 Å². The number of phosphoric acid groups is 1. The van der Waals surface area contributed by atoms with Gasteiger partial charge < -0.3 is 25.2 Å². The number of carbonyl (C=O) groups is 3. The Labute approximate surface area is 332 Å². The first kappa shape index (κ1) is 52.2. The number of nitrogens with one attached hydrogen (secondary N) is 1. The molecule has 4 N–H and O–H groups in total. The predicted octanol–water partition coefficient (Wildman–Crippen LogP) is 10.4. The summed E-state index contributed by atoms with van der Waals surface area (Å²) in [7, 11) is -4.76. The van der Waals surface area contributed by atoms with Crippen LogP contribution in [0.3, 0.4) is 0 Å². The summed E-state index contributed by atoms with van der Waals surface area (Å²) in [6.45, 7) is 2.42. The van der Waals surface area contributed by atoms with Crippen molar-refractivity contribution in [3.63, 3.8) is 0 Å². The Bertz CT molecular complexity index is 1170. The van der Waals surface area contributed by atoms with Crippen LogP contribution in [0.25, 0.3) is 0 Å². The molecule has 0 fully saturated rings. The number of phosphoric ester groups is 1. The maximum Gasteiger partial charge on any atom is 0.472 e. The van der Waals surface area contributed by atoms with Crippen LogP contribution in [0.2, 0.25) is 0 Å². The number of allylic oxidation sites excluding steroid dienone is 10. The minimum absolute atomic E-state index is 0.143. The maximum atomic E-state index is 12.3. The zero-order chi connectivity index (χ0) is 40.7. The molecule has 0 bridgehead atoms. The Kier molecular flexibility index (Phi) is 36.1. The van der Waals surface area contributed by atoms with E-state index in [1.807, 2.05) is 0 Å². The average molecular weight is 796 g/mol. The van der Waals surface area contributed by atoms with Crippen molar-refractivity contribution < 1.29 is 47.8 Å². The summed E-state index contributed by atoms with van der Waals surface area (Å²) in [5, 5.41) is 21.8. The number of rotatable bonds is 38. The molecule has 12 heteroatoms. The van der Waals surface area contributed by atoms with E-state index < -0.39 is 57.6 Å². The number of aliphatic hydroxyl groups excluding tert-OH is 1. The van der Waals surface area contributed by atoms with Crippen molar-refractivity contribution in [2.24, 2.45) is 0 Å². The van der Waals surface area contributed by atoms with Crippen molar-refractivity contribution in [2.45, 2.75) is 174 Å². The lowest BCUT2D eigenvalue weighted by molar-refractivity contribution is -0.147. The number of esters is 1. The number of hydrogen-bond acceptors (Lipinski definition) is 8. The fraction of sp³-hybridized carbons (Fsp3) is 0.698. The van der Waals surface area contributed by atoms with Crippen LogP contribution in [0, 0.1) is 0 Å². The van der Waals surface area contributed by atoms with Gasteiger partial charge in [-0.15, -0.1) is 0 Å². The van der Waals surface area contributed by atoms with Crippen LogP contribution in [-0.2, 0) is 32.7 Å². The molecule has 0 aliphatic rings. The third-order valence-electron chi connectivity index (χ3n) is 8.57. The smallest absolute Gasteiger partial charge is 0.472 e. The molecule has 3 atom stereocenters. The van der Waals surface area contributed by atoms with Gasteiger partial charge in [0.1, 0.15) is 12.7 Å². The molecule has 0 aliphatic heterocycles. The fourth-order valence-electron chi connectivity index (χ4n) is 5.34. The number of carboxylic acids is 1. The number of aliphatic hydroxyl groups is 1. The highest BCUT2D eigenvalue weighted by molar-refractivity contribution is 7.47. The standard InChI is InChI=1S/C43H74NO10P/c1-3-5-7-9-11-13-15-17-18-19-20-21-22-23-25-27-29-31-33-35-42(47)52-36-39(45)37-53-55(50,51)54-38-40(43(48)49)44-41(46)34-32-30-28-26-24-16-14-12-10-8-6-4-2/h5,7,11,13,17-18,20-21,23,25,39-40,45H,3-4,6,8-10,12,14-16,19,22,24,26-38H2,1-2H3,(H,44,46)(H,48,49)(H,50,51)/b7-5-,13-11-,18-17-,21-20-,25-23-. The maximum absolute atomic E-state index is 12.3. The van der Waals surface area contributed by atoms with Gasteiger partial charge in [0.25, 0.3) is 0 Å². The minimum atomic E-state index is -4.76. The lowest BCUT2D eigenvalue weighted by atomic mass is 10.0. The van der Waals surface area contributed by atoms with E-state index in [4.69, 9.17) is 13.8 Å². The fourth-order valence-corrected chi connectivity index (χ4v) is 6.11. The summed E-state index contributed by atoms with van der Waals surface area (Å²) in [4.78, 5) is 45.8. The van der Waals surface area contributed by atoms with Crippen molar-refractivity contribution in [3.05, 3.63) is 60.8 Å². The van der Waals surface area contributed by atoms with Gasteiger partial charge in [0.05, 0.1) is 13.2 Å². The molecule has 11 nitrogen and oxygen atoms in total. The molecule has 3 unspecified atom stereocenters. The monoisotopic (exact) mass is 796 g/mol. The number of carbonyl (C=O) groups excluding carboxylic acids is 2. The van der Waals surface area contributed by atoms with E-state index in [1.165, 1.54) is 51.4 Å². The number of carboxylic acid groups (broad SMARTS) is 1. The molecule has 0 saturated carbocycles. The molecule has 0 aromatic rings. The second-order valence-electron chi connectivity index (χ2n) is 13.8. The summed E-state index contributed by atoms with van der Waals surface area (Å²) in [6, 6.07) is -1.55. The van der Waals surface area contributed by atoms with Gasteiger partial charge in [0, 0.05) is 12.8 Å². The van der Waals surface area contributed by atoms with Gasteiger partial charge in [0.2, 0.25) is 5.91 Å². The molecule has 0 heterocycles. The van der Waals surface area contributed by atoms with E-state index in [1.54, 1.807) is 0 Å². The van der Waals surface area contributed by atoms with Gasteiger partial charge in [0.15, 0.2) is 6.04 Å². The highest BCUT2D eigenvalue weighted by Gasteiger charge is 2.28. The second-order valence-corrected chi connectivity index (χ2v) is 15.3. The molecule has 0 rings (SSSR count). The first-order valence-corrected chi connectivity index (χ1v) is 22.3. The van der Waals surface area contributed by atoms with Crippen LogP contribution in [-0.4, -0.2) is 64.9 Å². The quantitative estimate of drug-likeness (QED) is 0.0204. The Morgan fingerprint density at radius 1 is 0.600 bits per heavy atom. The molecule has 0 aromatic heterocycles. The summed E-state index contributed by atoms with van der Waals surface area (Å²) in [5.74, 6) is -2.41. The van der Waals surface area contributed by atoms with Crippen LogP contribution in [0.1, 0.15) is 162 Å². The normalized spacial score (nSPS) is 14.4. The summed E-state index contributed by atoms with van der Waals surface area (Å²) >= 11 is 0. The van der Waals surface area contributed by atoms with E-state index in [-0.39, 0.29) is 12.8 Å². The highest BCUT2D eigenvalue weighted by atomic mass is 31.2. The predicted molar refractivity (Wildman–Crippen MR) is 222 cm³/mol. The molecule has 0 aliphatic carbocycles. The molecular formula is C43H74NO10P. The third kappa shape index (κ3) is 37.9. The topological polar surface area (TPSA) is 169 Å². The van der Waals surface area contributed by atoms with Gasteiger partial charge >= 0.3 is 19.8 Å². The number of amides is 1. The lowest BCUT2D eigenvalue weighted by Gasteiger charge is -2.18. The molecule has 316 valence electrons. The van der Waals surface area contributed by atoms with Gasteiger partial charge in [-0.2, -0.15) is 0 Å². The minimum Gasteiger partial charge on any atom is -0.480 e. The van der Waals surface area contributed by atoms with Crippen molar-refractivity contribution in [1.29, 1.82) is 0 Å². The summed E-state index contributed by atoms with van der Waals surface area (Å²) in [6.07, 6.45) is 42.5. The zero-order valence-corrected chi connectivity index (χ0v) is 34.9. The highest BCUT2D eigenvalue weighted by Crippen LogP contribution is 2.43. The van der Waals surface area contributed by atoms with Gasteiger partial charge in [-0.1, -0.05) is 152 Å². The average Bonchev–Trinajstić information content (AvgIpc) is 3.16. The van der Waals surface area contributed by atoms with E-state index in [9.17, 15) is 34.1 Å². The SMILES string of the molecule is CC/C=C\C/C=C\C/C=C\C/C=C\C/C=C\CCCCCC(=O)OCC(O)COP(=O)(O)OCC(NC(=O)CCCCCCCCCCCCCC)C(=O)O. The van der Waals surface area contributed by atoms with E-state index in [0.29, 0.717) is 12.8 Å². The Balaban J connectivity index is 3.97. The van der Waals surface area contributed by atoms with E-state index in [2.05, 4.69) is 79.9 Å². The largest absolute Gasteiger partial charge is 0.480 e. The lowest BCUT2D eigenvalue weighted by Crippen LogP contribution is -2.43. The molecular weight excluding hydrogens is 721 g/mol. The summed E-state index contributed by atoms with van der Waals surface area (Å²) in [5.41, 5.74) is 0. The van der Waals surface area contributed by atoms with Crippen LogP contribution in [0.15, 0.2) is 60.8 Å². The molecule has 0 spiro atoms. The Morgan fingerprint density at radius 2 is 1.05 bits per heavy atom. The Hall–Kier alpha value is -2.82. The van der Waals surface area contributed by atoms with E-state index >= 15 is 0 Å². The van der Waals surface area contributed by atoms with Crippen molar-refractivity contribution in [1.82, 2.24) is 5.32 Å². The molecule has 0 radical (unpaired) electrons. The summed E-state index contributed by atoms with van der Waals surface area (Å²) < 4.78 is 26.8. The first-order chi connectivity index (χ1) is 26.6. The van der Waals surface area contributed by atoms with Crippen LogP contribution < -0.4 is 5.32 Å². The molecule has 1 amide bonds. The van der Waals surface area contributed by atoms with E-state index in [0.717, 1.165) is 70.6 Å². The van der Waals surface area contributed by atoms with Crippen molar-refractivity contribution in [2.75, 3.05) is 19.8 Å². The first-order valence-electron chi connectivity index (χ1n) is 20.8. The zero-order valence-electron chi connectivity index (χ0n) is 34.0. The van der Waals surface area contributed by atoms with Crippen molar-refractivity contribution in [3.8, 4) is 0 Å². The molecule has 0 aromatic carbocycles. The number of unbranched alkanes of at least 4 members (excludes halogenated alkanes) is 14. The van der Waals surface area contributed by atoms with Gasteiger partial charge in [-0.25, -0.2) is 9.36 Å². The number of aliphatic carboxylic acids is 1. The number of ether oxygens (including phenoxy) is 1. The number of hydrogen-bond donors (Lipinski definition) is 4. The van der Waals surface area contributed by atoms with Crippen LogP contribution in [0.4, 0.5) is 0 Å².